The Labute approximate surface area is 151 Å². The summed E-state index contributed by atoms with van der Waals surface area (Å²) in [6, 6.07) is 14.7. The molecule has 8 nitrogen and oxygen atoms in total. The molecule has 1 aliphatic heterocycles. The predicted octanol–water partition coefficient (Wildman–Crippen LogP) is 5.04. The van der Waals surface area contributed by atoms with E-state index < -0.39 is 9.85 Å². The first kappa shape index (κ1) is 16.2. The van der Waals surface area contributed by atoms with E-state index in [1.54, 1.807) is 23.3 Å². The lowest BCUT2D eigenvalue weighted by atomic mass is 10.2. The number of hydrogen-bond donors (Lipinski definition) is 0. The third kappa shape index (κ3) is 2.58. The number of benzene rings is 2. The molecule has 3 aromatic rings. The van der Waals surface area contributed by atoms with Crippen LogP contribution in [-0.4, -0.2) is 9.85 Å². The molecular weight excluding hydrogens is 358 g/mol. The summed E-state index contributed by atoms with van der Waals surface area (Å²) in [6.07, 6.45) is 1.54. The Morgan fingerprint density at radius 1 is 0.962 bits per heavy atom. The summed E-state index contributed by atoms with van der Waals surface area (Å²) in [5, 5.41) is 22.2. The highest BCUT2D eigenvalue weighted by atomic mass is 32.2. The highest BCUT2D eigenvalue weighted by Gasteiger charge is 2.37. The summed E-state index contributed by atoms with van der Waals surface area (Å²) < 4.78 is 5.52. The summed E-state index contributed by atoms with van der Waals surface area (Å²) in [6.45, 7) is 0. The SMILES string of the molecule is O=[N+]([O-])c1ccc(N2c3ccccc3S[C@@H]2c2ccco2)c([N+](=O)[O-])c1. The number of non-ortho nitro benzene ring substituents is 1. The summed E-state index contributed by atoms with van der Waals surface area (Å²) >= 11 is 1.50. The number of para-hydroxylation sites is 1. The van der Waals surface area contributed by atoms with E-state index in [0.29, 0.717) is 5.76 Å². The quantitative estimate of drug-likeness (QED) is 0.469. The van der Waals surface area contributed by atoms with E-state index in [4.69, 9.17) is 4.42 Å². The molecular formula is C17H11N3O5S. The number of nitrogens with zero attached hydrogens (tertiary/aromatic N) is 3. The second-order valence-electron chi connectivity index (χ2n) is 5.51. The van der Waals surface area contributed by atoms with Crippen molar-refractivity contribution < 1.29 is 14.3 Å². The van der Waals surface area contributed by atoms with Crippen molar-refractivity contribution in [1.29, 1.82) is 0 Å². The first-order valence-corrected chi connectivity index (χ1v) is 8.45. The third-order valence-corrected chi connectivity index (χ3v) is 5.28. The normalized spacial score (nSPS) is 15.7. The van der Waals surface area contributed by atoms with Crippen LogP contribution in [0.15, 0.2) is 70.2 Å². The van der Waals surface area contributed by atoms with E-state index in [-0.39, 0.29) is 22.4 Å². The number of fused-ring (bicyclic) bond motifs is 1. The van der Waals surface area contributed by atoms with Crippen LogP contribution in [0.3, 0.4) is 0 Å². The van der Waals surface area contributed by atoms with E-state index in [2.05, 4.69) is 0 Å². The molecule has 0 saturated heterocycles. The fourth-order valence-electron chi connectivity index (χ4n) is 2.90. The van der Waals surface area contributed by atoms with Crippen molar-refractivity contribution in [3.63, 3.8) is 0 Å². The standard InChI is InChI=1S/C17H11N3O5S/c21-19(22)11-7-8-12(14(10-11)20(23)24)18-13-4-1-2-6-16(13)26-17(18)15-5-3-9-25-15/h1-10,17H/t17-/m1/s1. The predicted molar refractivity (Wildman–Crippen MR) is 95.6 cm³/mol. The molecule has 0 bridgehead atoms. The molecule has 1 aromatic heterocycles. The minimum atomic E-state index is -0.645. The monoisotopic (exact) mass is 369 g/mol. The number of rotatable bonds is 4. The van der Waals surface area contributed by atoms with Gasteiger partial charge in [0, 0.05) is 11.0 Å². The molecule has 0 amide bonds. The highest BCUT2D eigenvalue weighted by Crippen LogP contribution is 2.56. The molecule has 0 aliphatic carbocycles. The van der Waals surface area contributed by atoms with Crippen molar-refractivity contribution in [2.75, 3.05) is 4.90 Å². The first-order valence-electron chi connectivity index (χ1n) is 7.57. The van der Waals surface area contributed by atoms with Gasteiger partial charge in [-0.25, -0.2) is 0 Å². The van der Waals surface area contributed by atoms with E-state index in [9.17, 15) is 20.2 Å². The highest BCUT2D eigenvalue weighted by molar-refractivity contribution is 8.00. The minimum absolute atomic E-state index is 0.277. The average Bonchev–Trinajstić information content (AvgIpc) is 3.28. The van der Waals surface area contributed by atoms with Crippen molar-refractivity contribution in [1.82, 2.24) is 0 Å². The van der Waals surface area contributed by atoms with E-state index in [1.807, 2.05) is 24.3 Å². The summed E-state index contributed by atoms with van der Waals surface area (Å²) in [5.74, 6) is 0.638. The third-order valence-electron chi connectivity index (χ3n) is 4.01. The van der Waals surface area contributed by atoms with Crippen molar-refractivity contribution in [2.45, 2.75) is 10.3 Å². The second kappa shape index (κ2) is 6.19. The number of anilines is 2. The van der Waals surface area contributed by atoms with E-state index >= 15 is 0 Å². The number of furan rings is 1. The zero-order valence-corrected chi connectivity index (χ0v) is 14.0. The molecule has 26 heavy (non-hydrogen) atoms. The molecule has 0 fully saturated rings. The van der Waals surface area contributed by atoms with Gasteiger partial charge in [-0.05, 0) is 30.3 Å². The molecule has 0 spiro atoms. The maximum atomic E-state index is 11.6. The molecule has 0 radical (unpaired) electrons. The summed E-state index contributed by atoms with van der Waals surface area (Å²) in [7, 11) is 0. The fourth-order valence-corrected chi connectivity index (χ4v) is 4.17. The van der Waals surface area contributed by atoms with Crippen LogP contribution >= 0.6 is 11.8 Å². The zero-order valence-electron chi connectivity index (χ0n) is 13.1. The molecule has 9 heteroatoms. The van der Waals surface area contributed by atoms with Gasteiger partial charge in [0.05, 0.1) is 27.9 Å². The van der Waals surface area contributed by atoms with Crippen molar-refractivity contribution >= 4 is 34.5 Å². The van der Waals surface area contributed by atoms with E-state index in [1.165, 1.54) is 23.9 Å². The molecule has 1 aliphatic rings. The maximum absolute atomic E-state index is 11.6. The molecule has 0 saturated carbocycles. The Hall–Kier alpha value is -3.33. The number of hydrogen-bond acceptors (Lipinski definition) is 7. The Morgan fingerprint density at radius 3 is 2.46 bits per heavy atom. The average molecular weight is 369 g/mol. The van der Waals surface area contributed by atoms with Crippen molar-refractivity contribution in [2.24, 2.45) is 0 Å². The van der Waals surface area contributed by atoms with Crippen LogP contribution in [0.1, 0.15) is 11.1 Å². The van der Waals surface area contributed by atoms with Gasteiger partial charge in [0.2, 0.25) is 0 Å². The molecule has 1 atom stereocenters. The van der Waals surface area contributed by atoms with Crippen LogP contribution in [0.2, 0.25) is 0 Å². The van der Waals surface area contributed by atoms with Crippen molar-refractivity contribution in [3.05, 3.63) is 86.8 Å². The topological polar surface area (TPSA) is 103 Å². The Morgan fingerprint density at radius 2 is 1.77 bits per heavy atom. The number of nitro benzene ring substituents is 2. The van der Waals surface area contributed by atoms with Gasteiger partial charge in [0.15, 0.2) is 0 Å². The van der Waals surface area contributed by atoms with Gasteiger partial charge in [-0.15, -0.1) is 0 Å². The van der Waals surface area contributed by atoms with Gasteiger partial charge in [0.1, 0.15) is 16.8 Å². The Kier molecular flexibility index (Phi) is 3.85. The lowest BCUT2D eigenvalue weighted by Gasteiger charge is -2.24. The smallest absolute Gasteiger partial charge is 0.299 e. The molecule has 4 rings (SSSR count). The van der Waals surface area contributed by atoms with Gasteiger partial charge in [-0.2, -0.15) is 0 Å². The molecule has 0 N–H and O–H groups in total. The zero-order chi connectivity index (χ0) is 18.3. The first-order chi connectivity index (χ1) is 12.6. The maximum Gasteiger partial charge on any atom is 0.299 e. The van der Waals surface area contributed by atoms with Crippen LogP contribution < -0.4 is 4.90 Å². The van der Waals surface area contributed by atoms with Crippen molar-refractivity contribution in [3.8, 4) is 0 Å². The van der Waals surface area contributed by atoms with Crippen LogP contribution in [-0.2, 0) is 0 Å². The van der Waals surface area contributed by atoms with Crippen LogP contribution in [0.25, 0.3) is 0 Å². The summed E-state index contributed by atoms with van der Waals surface area (Å²) in [4.78, 5) is 24.1. The largest absolute Gasteiger partial charge is 0.466 e. The molecule has 2 aromatic carbocycles. The van der Waals surface area contributed by atoms with Crippen LogP contribution in [0, 0.1) is 20.2 Å². The second-order valence-corrected chi connectivity index (χ2v) is 6.63. The number of nitro groups is 2. The lowest BCUT2D eigenvalue weighted by Crippen LogP contribution is -2.18. The van der Waals surface area contributed by atoms with Gasteiger partial charge < -0.3 is 9.32 Å². The summed E-state index contributed by atoms with van der Waals surface area (Å²) in [5.41, 5.74) is 0.415. The van der Waals surface area contributed by atoms with Gasteiger partial charge in [-0.3, -0.25) is 20.2 Å². The fraction of sp³-hybridized carbons (Fsp3) is 0.0588. The lowest BCUT2D eigenvalue weighted by molar-refractivity contribution is -0.393. The van der Waals surface area contributed by atoms with Crippen LogP contribution in [0.4, 0.5) is 22.7 Å². The minimum Gasteiger partial charge on any atom is -0.466 e. The van der Waals surface area contributed by atoms with Gasteiger partial charge >= 0.3 is 0 Å². The van der Waals surface area contributed by atoms with Crippen LogP contribution in [0.5, 0.6) is 0 Å². The van der Waals surface area contributed by atoms with E-state index in [0.717, 1.165) is 16.6 Å². The Balaban J connectivity index is 1.91. The Bertz CT molecular complexity index is 1010. The molecule has 2 heterocycles. The number of thioether (sulfide) groups is 1. The van der Waals surface area contributed by atoms with Gasteiger partial charge in [-0.1, -0.05) is 23.9 Å². The molecule has 130 valence electrons. The molecule has 0 unspecified atom stereocenters. The van der Waals surface area contributed by atoms with Gasteiger partial charge in [0.25, 0.3) is 11.4 Å².